The lowest BCUT2D eigenvalue weighted by Crippen LogP contribution is -2.43. The van der Waals surface area contributed by atoms with Crippen LogP contribution >= 0.6 is 0 Å². The fourth-order valence-corrected chi connectivity index (χ4v) is 7.53. The Balaban J connectivity index is 1.29. The van der Waals surface area contributed by atoms with E-state index in [2.05, 4.69) is 142 Å². The van der Waals surface area contributed by atoms with Crippen molar-refractivity contribution in [2.75, 3.05) is 4.90 Å². The highest BCUT2D eigenvalue weighted by atomic mass is 16.3. The minimum absolute atomic E-state index is 0.147. The molecule has 0 saturated heterocycles. The largest absolute Gasteiger partial charge is 0.456 e. The maximum Gasteiger partial charge on any atom is 0.143 e. The second-order valence-corrected chi connectivity index (χ2v) is 13.4. The number of rotatable bonds is 3. The Bertz CT molecular complexity index is 2440. The van der Waals surface area contributed by atoms with Crippen LogP contribution < -0.4 is 4.90 Å². The number of hydrogen-bond donors (Lipinski definition) is 0. The Hall–Kier alpha value is -5.28. The molecule has 0 unspecified atom stereocenters. The zero-order chi connectivity index (χ0) is 30.5. The SMILES string of the molecule is CC1(C)c2cc(N(c3ccccc3)c3ccc4c(c3)oc3ccccc34)ccc2-c2c(ccc3c2oc2ccccc23)C1(C)C. The number of fused-ring (bicyclic) bond motifs is 10. The van der Waals surface area contributed by atoms with Gasteiger partial charge in [-0.25, -0.2) is 0 Å². The first kappa shape index (κ1) is 26.2. The summed E-state index contributed by atoms with van der Waals surface area (Å²) in [5.74, 6) is 0. The second-order valence-electron chi connectivity index (χ2n) is 13.4. The van der Waals surface area contributed by atoms with E-state index in [9.17, 15) is 0 Å². The summed E-state index contributed by atoms with van der Waals surface area (Å²) in [4.78, 5) is 2.34. The topological polar surface area (TPSA) is 29.5 Å². The summed E-state index contributed by atoms with van der Waals surface area (Å²) in [5.41, 5.74) is 11.8. The number of para-hydroxylation sites is 3. The fourth-order valence-electron chi connectivity index (χ4n) is 7.53. The molecule has 8 aromatic rings. The zero-order valence-corrected chi connectivity index (χ0v) is 25.9. The van der Waals surface area contributed by atoms with Gasteiger partial charge < -0.3 is 13.7 Å². The van der Waals surface area contributed by atoms with Gasteiger partial charge in [0.15, 0.2) is 0 Å². The molecule has 1 aliphatic rings. The number of hydrogen-bond acceptors (Lipinski definition) is 3. The van der Waals surface area contributed by atoms with Crippen LogP contribution in [0.5, 0.6) is 0 Å². The van der Waals surface area contributed by atoms with Gasteiger partial charge in [-0.15, -0.1) is 0 Å². The fraction of sp³-hybridized carbons (Fsp3) is 0.143. The summed E-state index contributed by atoms with van der Waals surface area (Å²) in [7, 11) is 0. The van der Waals surface area contributed by atoms with Crippen LogP contribution in [0.1, 0.15) is 38.8 Å². The molecule has 0 spiro atoms. The number of furan rings is 2. The Morgan fingerprint density at radius 2 is 1.02 bits per heavy atom. The van der Waals surface area contributed by atoms with E-state index in [0.29, 0.717) is 0 Å². The van der Waals surface area contributed by atoms with Crippen molar-refractivity contribution < 1.29 is 8.83 Å². The lowest BCUT2D eigenvalue weighted by atomic mass is 9.55. The van der Waals surface area contributed by atoms with Gasteiger partial charge in [0.05, 0.1) is 0 Å². The molecular weight excluding hydrogens is 550 g/mol. The van der Waals surface area contributed by atoms with Gasteiger partial charge in [-0.1, -0.05) is 100 Å². The van der Waals surface area contributed by atoms with Crippen LogP contribution in [-0.2, 0) is 10.8 Å². The first-order valence-electron chi connectivity index (χ1n) is 15.7. The first-order valence-corrected chi connectivity index (χ1v) is 15.7. The summed E-state index contributed by atoms with van der Waals surface area (Å²) >= 11 is 0. The zero-order valence-electron chi connectivity index (χ0n) is 25.9. The first-order chi connectivity index (χ1) is 21.8. The summed E-state index contributed by atoms with van der Waals surface area (Å²) in [6.45, 7) is 9.52. The van der Waals surface area contributed by atoms with E-state index in [1.807, 2.05) is 18.2 Å². The van der Waals surface area contributed by atoms with Gasteiger partial charge >= 0.3 is 0 Å². The monoisotopic (exact) mass is 583 g/mol. The molecular formula is C42H33NO2. The molecule has 0 bridgehead atoms. The van der Waals surface area contributed by atoms with Crippen molar-refractivity contribution in [1.29, 1.82) is 0 Å². The van der Waals surface area contributed by atoms with Crippen LogP contribution in [0.25, 0.3) is 55.0 Å². The maximum atomic E-state index is 6.63. The molecule has 0 amide bonds. The summed E-state index contributed by atoms with van der Waals surface area (Å²) in [6.07, 6.45) is 0. The third-order valence-corrected chi connectivity index (χ3v) is 10.6. The van der Waals surface area contributed by atoms with Crippen molar-refractivity contribution in [3.05, 3.63) is 139 Å². The van der Waals surface area contributed by atoms with Gasteiger partial charge in [0, 0.05) is 50.2 Å². The van der Waals surface area contributed by atoms with E-state index in [0.717, 1.165) is 55.6 Å². The van der Waals surface area contributed by atoms with Gasteiger partial charge in [-0.2, -0.15) is 0 Å². The minimum atomic E-state index is -0.157. The predicted octanol–water partition coefficient (Wildman–Crippen LogP) is 12.2. The molecule has 9 rings (SSSR count). The van der Waals surface area contributed by atoms with Gasteiger partial charge in [0.1, 0.15) is 22.3 Å². The molecule has 45 heavy (non-hydrogen) atoms. The average molecular weight is 584 g/mol. The molecule has 0 aliphatic heterocycles. The van der Waals surface area contributed by atoms with Crippen LogP contribution in [0.4, 0.5) is 17.1 Å². The van der Waals surface area contributed by atoms with Crippen molar-refractivity contribution in [1.82, 2.24) is 0 Å². The highest BCUT2D eigenvalue weighted by molar-refractivity contribution is 6.11. The smallest absolute Gasteiger partial charge is 0.143 e. The van der Waals surface area contributed by atoms with Crippen LogP contribution in [0.3, 0.4) is 0 Å². The molecule has 1 aliphatic carbocycles. The average Bonchev–Trinajstić information content (AvgIpc) is 3.62. The summed E-state index contributed by atoms with van der Waals surface area (Å²) < 4.78 is 13.0. The predicted molar refractivity (Wildman–Crippen MR) is 187 cm³/mol. The van der Waals surface area contributed by atoms with Crippen molar-refractivity contribution in [2.24, 2.45) is 0 Å². The number of anilines is 3. The molecule has 3 nitrogen and oxygen atoms in total. The molecule has 0 saturated carbocycles. The van der Waals surface area contributed by atoms with E-state index in [4.69, 9.17) is 8.83 Å². The molecule has 0 radical (unpaired) electrons. The number of nitrogens with zero attached hydrogens (tertiary/aromatic N) is 1. The van der Waals surface area contributed by atoms with E-state index in [-0.39, 0.29) is 10.8 Å². The molecule has 218 valence electrons. The molecule has 6 aromatic carbocycles. The van der Waals surface area contributed by atoms with Gasteiger partial charge in [-0.3, -0.25) is 0 Å². The number of benzene rings is 6. The van der Waals surface area contributed by atoms with Gasteiger partial charge in [-0.05, 0) is 76.1 Å². The molecule has 0 N–H and O–H groups in total. The Morgan fingerprint density at radius 1 is 0.444 bits per heavy atom. The summed E-state index contributed by atoms with van der Waals surface area (Å²) in [6, 6.07) is 45.3. The van der Waals surface area contributed by atoms with Crippen molar-refractivity contribution >= 4 is 60.9 Å². The Labute approximate surface area is 262 Å². The molecule has 0 atom stereocenters. The van der Waals surface area contributed by atoms with E-state index in [1.54, 1.807) is 0 Å². The standard InChI is InChI=1S/C42H33NO2/c1-41(2)34-23-22-32-30-15-9-11-17-37(30)45-40(32)39(34)33-21-19-27(24-35(33)42(41,3)4)43(26-12-6-5-7-13-26)28-18-20-31-29-14-8-10-16-36(29)44-38(31)25-28/h5-25H,1-4H3. The molecule has 2 heterocycles. The van der Waals surface area contributed by atoms with Gasteiger partial charge in [0.25, 0.3) is 0 Å². The van der Waals surface area contributed by atoms with E-state index < -0.39 is 0 Å². The molecule has 0 fully saturated rings. The van der Waals surface area contributed by atoms with Crippen LogP contribution in [0.15, 0.2) is 136 Å². The van der Waals surface area contributed by atoms with Crippen molar-refractivity contribution in [3.8, 4) is 11.1 Å². The minimum Gasteiger partial charge on any atom is -0.456 e. The van der Waals surface area contributed by atoms with Crippen LogP contribution in [-0.4, -0.2) is 0 Å². The van der Waals surface area contributed by atoms with Crippen molar-refractivity contribution in [2.45, 2.75) is 38.5 Å². The molecule has 3 heteroatoms. The highest BCUT2D eigenvalue weighted by Gasteiger charge is 2.47. The van der Waals surface area contributed by atoms with Crippen molar-refractivity contribution in [3.63, 3.8) is 0 Å². The van der Waals surface area contributed by atoms with E-state index in [1.165, 1.54) is 27.6 Å². The lowest BCUT2D eigenvalue weighted by Gasteiger charge is -2.48. The Kier molecular flexibility index (Phi) is 5.30. The van der Waals surface area contributed by atoms with E-state index >= 15 is 0 Å². The third kappa shape index (κ3) is 3.58. The molecule has 2 aromatic heterocycles. The lowest BCUT2D eigenvalue weighted by molar-refractivity contribution is 0.299. The quantitative estimate of drug-likeness (QED) is 0.207. The second kappa shape index (κ2) is 9.12. The Morgan fingerprint density at radius 3 is 1.80 bits per heavy atom. The normalized spacial score (nSPS) is 15.0. The maximum absolute atomic E-state index is 6.63. The summed E-state index contributed by atoms with van der Waals surface area (Å²) in [5, 5.41) is 4.59. The van der Waals surface area contributed by atoms with Crippen LogP contribution in [0.2, 0.25) is 0 Å². The van der Waals surface area contributed by atoms with Crippen LogP contribution in [0, 0.1) is 0 Å². The van der Waals surface area contributed by atoms with Gasteiger partial charge in [0.2, 0.25) is 0 Å². The third-order valence-electron chi connectivity index (χ3n) is 10.6. The highest BCUT2D eigenvalue weighted by Crippen LogP contribution is 2.57.